The zero-order valence-corrected chi connectivity index (χ0v) is 29.4. The summed E-state index contributed by atoms with van der Waals surface area (Å²) in [5.41, 5.74) is 11.4. The van der Waals surface area contributed by atoms with Crippen LogP contribution in [0.4, 0.5) is 0 Å². The Labute approximate surface area is 313 Å². The Bertz CT molecular complexity index is 2970. The molecule has 0 aliphatic rings. The molecule has 0 bridgehead atoms. The van der Waals surface area contributed by atoms with Crippen LogP contribution in [0, 0.1) is 0 Å². The second-order valence-corrected chi connectivity index (χ2v) is 13.6. The van der Waals surface area contributed by atoms with Gasteiger partial charge >= 0.3 is 0 Å². The first kappa shape index (κ1) is 31.5. The highest BCUT2D eigenvalue weighted by atomic mass is 14.9. The van der Waals surface area contributed by atoms with Crippen molar-refractivity contribution in [1.82, 2.24) is 15.0 Å². The summed E-state index contributed by atoms with van der Waals surface area (Å²) in [6.45, 7) is 0. The second kappa shape index (κ2) is 13.4. The maximum Gasteiger partial charge on any atom is 0.160 e. The van der Waals surface area contributed by atoms with Crippen LogP contribution in [0.2, 0.25) is 0 Å². The molecular weight excluding hydrogens is 655 g/mol. The van der Waals surface area contributed by atoms with Crippen molar-refractivity contribution in [1.29, 1.82) is 0 Å². The molecule has 3 nitrogen and oxygen atoms in total. The Hall–Kier alpha value is -7.23. The molecule has 0 atom stereocenters. The summed E-state index contributed by atoms with van der Waals surface area (Å²) in [5.74, 6) is 0.673. The first-order valence-electron chi connectivity index (χ1n) is 18.3. The van der Waals surface area contributed by atoms with Crippen LogP contribution in [0.5, 0.6) is 0 Å². The van der Waals surface area contributed by atoms with Gasteiger partial charge in [-0.2, -0.15) is 0 Å². The monoisotopic (exact) mass is 687 g/mol. The molecule has 54 heavy (non-hydrogen) atoms. The first-order chi connectivity index (χ1) is 26.8. The smallest absolute Gasteiger partial charge is 0.160 e. The molecule has 10 aromatic rings. The van der Waals surface area contributed by atoms with Gasteiger partial charge in [0.05, 0.1) is 17.1 Å². The number of fused-ring (bicyclic) bond motifs is 5. The SMILES string of the molecule is c1ccc(-c2cc(-c3ccccc3-c3ccccn3)nc(-c3cccc(-c4cc5c6ccccc6c(-c6ccccc6)cc5c5ccccc45)c3)n2)cc1. The molecule has 0 saturated carbocycles. The highest BCUT2D eigenvalue weighted by molar-refractivity contribution is 6.23. The van der Waals surface area contributed by atoms with Gasteiger partial charge in [-0.05, 0) is 91.0 Å². The van der Waals surface area contributed by atoms with Gasteiger partial charge in [0, 0.05) is 28.5 Å². The highest BCUT2D eigenvalue weighted by Gasteiger charge is 2.17. The summed E-state index contributed by atoms with van der Waals surface area (Å²) >= 11 is 0. The molecule has 0 N–H and O–H groups in total. The minimum atomic E-state index is 0.673. The van der Waals surface area contributed by atoms with Gasteiger partial charge in [-0.15, -0.1) is 0 Å². The zero-order chi connectivity index (χ0) is 35.8. The third-order valence-corrected chi connectivity index (χ3v) is 10.3. The van der Waals surface area contributed by atoms with Crippen LogP contribution in [-0.2, 0) is 0 Å². The number of hydrogen-bond acceptors (Lipinski definition) is 3. The van der Waals surface area contributed by atoms with Crippen LogP contribution >= 0.6 is 0 Å². The largest absolute Gasteiger partial charge is 0.256 e. The Kier molecular flexibility index (Phi) is 7.81. The van der Waals surface area contributed by atoms with Gasteiger partial charge < -0.3 is 0 Å². The Morgan fingerprint density at radius 1 is 0.259 bits per heavy atom. The molecule has 3 heteroatoms. The minimum Gasteiger partial charge on any atom is -0.256 e. The predicted octanol–water partition coefficient (Wildman–Crippen LogP) is 13.3. The Morgan fingerprint density at radius 2 is 0.759 bits per heavy atom. The van der Waals surface area contributed by atoms with E-state index in [0.717, 1.165) is 44.9 Å². The van der Waals surface area contributed by atoms with Crippen LogP contribution < -0.4 is 0 Å². The lowest BCUT2D eigenvalue weighted by atomic mass is 9.87. The van der Waals surface area contributed by atoms with Crippen LogP contribution in [0.15, 0.2) is 200 Å². The fourth-order valence-corrected chi connectivity index (χ4v) is 7.80. The van der Waals surface area contributed by atoms with E-state index < -0.39 is 0 Å². The maximum absolute atomic E-state index is 5.27. The quantitative estimate of drug-likeness (QED) is 0.163. The molecule has 2 aromatic heterocycles. The van der Waals surface area contributed by atoms with E-state index >= 15 is 0 Å². The normalized spacial score (nSPS) is 11.3. The molecule has 2 heterocycles. The van der Waals surface area contributed by atoms with Gasteiger partial charge in [0.2, 0.25) is 0 Å². The van der Waals surface area contributed by atoms with Gasteiger partial charge in [-0.1, -0.05) is 158 Å². The zero-order valence-electron chi connectivity index (χ0n) is 29.4. The van der Waals surface area contributed by atoms with Crippen molar-refractivity contribution >= 4 is 32.3 Å². The van der Waals surface area contributed by atoms with Crippen molar-refractivity contribution in [3.63, 3.8) is 0 Å². The number of nitrogens with zero attached hydrogens (tertiary/aromatic N) is 3. The van der Waals surface area contributed by atoms with Crippen molar-refractivity contribution in [2.75, 3.05) is 0 Å². The molecule has 0 saturated heterocycles. The van der Waals surface area contributed by atoms with E-state index in [0.29, 0.717) is 5.82 Å². The summed E-state index contributed by atoms with van der Waals surface area (Å²) in [6.07, 6.45) is 1.83. The van der Waals surface area contributed by atoms with E-state index in [2.05, 4.69) is 175 Å². The van der Waals surface area contributed by atoms with Gasteiger partial charge in [-0.3, -0.25) is 4.98 Å². The van der Waals surface area contributed by atoms with Crippen molar-refractivity contribution < 1.29 is 0 Å². The van der Waals surface area contributed by atoms with Gasteiger partial charge in [0.25, 0.3) is 0 Å². The number of benzene rings is 8. The topological polar surface area (TPSA) is 38.7 Å². The van der Waals surface area contributed by atoms with Gasteiger partial charge in [0.15, 0.2) is 5.82 Å². The molecule has 10 rings (SSSR count). The van der Waals surface area contributed by atoms with E-state index in [1.165, 1.54) is 49.0 Å². The lowest BCUT2D eigenvalue weighted by Crippen LogP contribution is -1.97. The average Bonchev–Trinajstić information content (AvgIpc) is 3.26. The summed E-state index contributed by atoms with van der Waals surface area (Å²) in [5, 5.41) is 7.41. The molecular formula is C51H33N3. The van der Waals surface area contributed by atoms with Crippen LogP contribution in [-0.4, -0.2) is 15.0 Å². The van der Waals surface area contributed by atoms with Crippen molar-refractivity contribution in [3.05, 3.63) is 200 Å². The standard InChI is InChI=1S/C51H33N3/c1-3-16-34(17-4-1)44-31-46-41-25-10-8-23-39(41)45(32-47(46)40-24-9-7-22-38(40)44)36-20-15-21-37(30-36)51-53-49(35-18-5-2-6-19-35)33-50(54-51)43-27-12-11-26-42(43)48-28-13-14-29-52-48/h1-33H. The molecule has 252 valence electrons. The summed E-state index contributed by atoms with van der Waals surface area (Å²) in [4.78, 5) is 15.2. The molecule has 0 amide bonds. The highest BCUT2D eigenvalue weighted by Crippen LogP contribution is 2.42. The second-order valence-electron chi connectivity index (χ2n) is 13.6. The van der Waals surface area contributed by atoms with E-state index in [1.54, 1.807) is 0 Å². The third kappa shape index (κ3) is 5.60. The summed E-state index contributed by atoms with van der Waals surface area (Å²) in [7, 11) is 0. The van der Waals surface area contributed by atoms with Gasteiger partial charge in [0.1, 0.15) is 0 Å². The average molecular weight is 688 g/mol. The van der Waals surface area contributed by atoms with Crippen molar-refractivity contribution in [2.24, 2.45) is 0 Å². The van der Waals surface area contributed by atoms with Crippen molar-refractivity contribution in [2.45, 2.75) is 0 Å². The lowest BCUT2D eigenvalue weighted by Gasteiger charge is -2.16. The van der Waals surface area contributed by atoms with Crippen LogP contribution in [0.1, 0.15) is 0 Å². The predicted molar refractivity (Wildman–Crippen MR) is 225 cm³/mol. The van der Waals surface area contributed by atoms with Gasteiger partial charge in [-0.25, -0.2) is 9.97 Å². The fraction of sp³-hybridized carbons (Fsp3) is 0. The lowest BCUT2D eigenvalue weighted by molar-refractivity contribution is 1.18. The molecule has 0 aliphatic heterocycles. The number of hydrogen-bond donors (Lipinski definition) is 0. The molecule has 0 fully saturated rings. The summed E-state index contributed by atoms with van der Waals surface area (Å²) in [6, 6.07) is 68.5. The Balaban J connectivity index is 1.18. The van der Waals surface area contributed by atoms with E-state index in [9.17, 15) is 0 Å². The number of aromatic nitrogens is 3. The third-order valence-electron chi connectivity index (χ3n) is 10.3. The molecule has 0 unspecified atom stereocenters. The fourth-order valence-electron chi connectivity index (χ4n) is 7.80. The van der Waals surface area contributed by atoms with E-state index in [-0.39, 0.29) is 0 Å². The maximum atomic E-state index is 5.27. The molecule has 0 spiro atoms. The molecule has 0 aliphatic carbocycles. The molecule has 8 aromatic carbocycles. The minimum absolute atomic E-state index is 0.673. The van der Waals surface area contributed by atoms with Crippen LogP contribution in [0.25, 0.3) is 99.7 Å². The van der Waals surface area contributed by atoms with E-state index in [4.69, 9.17) is 9.97 Å². The first-order valence-corrected chi connectivity index (χ1v) is 18.3. The van der Waals surface area contributed by atoms with E-state index in [1.807, 2.05) is 30.5 Å². The summed E-state index contributed by atoms with van der Waals surface area (Å²) < 4.78 is 0. The Morgan fingerprint density at radius 3 is 1.41 bits per heavy atom. The number of pyridine rings is 1. The molecule has 0 radical (unpaired) electrons. The number of rotatable bonds is 6. The van der Waals surface area contributed by atoms with Crippen molar-refractivity contribution in [3.8, 4) is 67.4 Å². The van der Waals surface area contributed by atoms with Crippen LogP contribution in [0.3, 0.4) is 0 Å².